The first-order chi connectivity index (χ1) is 12.5. The molecule has 1 N–H and O–H groups in total. The Balaban J connectivity index is 1.77. The molecule has 134 valence electrons. The molecule has 7 heteroatoms. The number of benzene rings is 1. The molecule has 0 saturated heterocycles. The van der Waals surface area contributed by atoms with Crippen molar-refractivity contribution in [2.75, 3.05) is 11.9 Å². The maximum absolute atomic E-state index is 13.5. The minimum absolute atomic E-state index is 0.336. The average Bonchev–Trinajstić information content (AvgIpc) is 2.64. The van der Waals surface area contributed by atoms with Crippen molar-refractivity contribution in [1.82, 2.24) is 9.97 Å². The van der Waals surface area contributed by atoms with Crippen LogP contribution in [0, 0.1) is 16.8 Å². The summed E-state index contributed by atoms with van der Waals surface area (Å²) in [4.78, 5) is 8.78. The van der Waals surface area contributed by atoms with Crippen molar-refractivity contribution < 1.29 is 13.5 Å². The van der Waals surface area contributed by atoms with Gasteiger partial charge in [-0.1, -0.05) is 6.92 Å². The molecular weight excluding hydrogens is 338 g/mol. The summed E-state index contributed by atoms with van der Waals surface area (Å²) in [5, 5.41) is 14.5. The monoisotopic (exact) mass is 356 g/mol. The summed E-state index contributed by atoms with van der Waals surface area (Å²) in [5.41, 5.74) is 2.11. The molecule has 26 heavy (non-hydrogen) atoms. The number of nitrogens with one attached hydrogen (secondary N) is 1. The van der Waals surface area contributed by atoms with Crippen LogP contribution in [0.1, 0.15) is 18.2 Å². The van der Waals surface area contributed by atoms with Gasteiger partial charge in [-0.05, 0) is 37.1 Å². The maximum atomic E-state index is 13.5. The predicted molar refractivity (Wildman–Crippen MR) is 94.4 cm³/mol. The first kappa shape index (κ1) is 17.7. The van der Waals surface area contributed by atoms with Crippen molar-refractivity contribution in [2.24, 2.45) is 0 Å². The first-order valence-corrected chi connectivity index (χ1v) is 8.30. The van der Waals surface area contributed by atoms with Crippen molar-refractivity contribution in [3.05, 3.63) is 76.9 Å². The normalized spacial score (nSPS) is 10.7. The van der Waals surface area contributed by atoms with Crippen LogP contribution < -0.4 is 10.0 Å². The summed E-state index contributed by atoms with van der Waals surface area (Å²) < 4.78 is 27.4. The number of anilines is 1. The van der Waals surface area contributed by atoms with Gasteiger partial charge in [-0.15, -0.1) is 0 Å². The molecule has 0 aliphatic heterocycles. The molecule has 1 aromatic carbocycles. The Bertz CT molecular complexity index is 918. The molecule has 0 aliphatic carbocycles. The summed E-state index contributed by atoms with van der Waals surface area (Å²) >= 11 is 0. The number of aromatic nitrogens is 3. The number of hydrogen-bond donors (Lipinski definition) is 1. The molecule has 0 saturated carbocycles. The van der Waals surface area contributed by atoms with E-state index in [1.165, 1.54) is 18.5 Å². The van der Waals surface area contributed by atoms with Gasteiger partial charge in [0, 0.05) is 35.5 Å². The van der Waals surface area contributed by atoms with Gasteiger partial charge in [0.25, 0.3) is 0 Å². The standard InChI is InChI=1S/C19H18F2N4O/c1-2-15-11-18(22-8-7-13-4-3-9-25(26)12-13)24-19(23-15)14-5-6-16(20)17(21)10-14/h3-6,9-12H,2,7-8H2,1H3,(H,22,23,24). The zero-order valence-corrected chi connectivity index (χ0v) is 14.2. The van der Waals surface area contributed by atoms with Crippen LogP contribution in [0.25, 0.3) is 11.4 Å². The van der Waals surface area contributed by atoms with E-state index in [-0.39, 0.29) is 0 Å². The van der Waals surface area contributed by atoms with Crippen molar-refractivity contribution in [3.8, 4) is 11.4 Å². The Hall–Kier alpha value is -3.09. The van der Waals surface area contributed by atoms with Gasteiger partial charge in [0.05, 0.1) is 0 Å². The number of nitrogens with zero attached hydrogens (tertiary/aromatic N) is 3. The smallest absolute Gasteiger partial charge is 0.183 e. The van der Waals surface area contributed by atoms with Crippen LogP contribution in [0.5, 0.6) is 0 Å². The average molecular weight is 356 g/mol. The maximum Gasteiger partial charge on any atom is 0.183 e. The first-order valence-electron chi connectivity index (χ1n) is 8.30. The second-order valence-electron chi connectivity index (χ2n) is 5.80. The van der Waals surface area contributed by atoms with Gasteiger partial charge in [0.1, 0.15) is 5.82 Å². The quantitative estimate of drug-likeness (QED) is 0.544. The summed E-state index contributed by atoms with van der Waals surface area (Å²) in [7, 11) is 0. The van der Waals surface area contributed by atoms with E-state index < -0.39 is 11.6 Å². The topological polar surface area (TPSA) is 64.8 Å². The summed E-state index contributed by atoms with van der Waals surface area (Å²) in [6, 6.07) is 9.00. The lowest BCUT2D eigenvalue weighted by molar-refractivity contribution is -0.605. The minimum atomic E-state index is -0.933. The number of aryl methyl sites for hydroxylation is 1. The Morgan fingerprint density at radius 3 is 2.69 bits per heavy atom. The van der Waals surface area contributed by atoms with Crippen LogP contribution in [0.2, 0.25) is 0 Å². The van der Waals surface area contributed by atoms with E-state index in [1.54, 1.807) is 6.07 Å². The zero-order chi connectivity index (χ0) is 18.5. The fourth-order valence-corrected chi connectivity index (χ4v) is 2.52. The number of pyridine rings is 1. The summed E-state index contributed by atoms with van der Waals surface area (Å²) in [6.07, 6.45) is 4.28. The largest absolute Gasteiger partial charge is 0.619 e. The summed E-state index contributed by atoms with van der Waals surface area (Å²) in [6.45, 7) is 2.53. The van der Waals surface area contributed by atoms with Crippen molar-refractivity contribution >= 4 is 5.82 Å². The van der Waals surface area contributed by atoms with Crippen molar-refractivity contribution in [3.63, 3.8) is 0 Å². The molecule has 2 heterocycles. The van der Waals surface area contributed by atoms with Gasteiger partial charge in [-0.2, -0.15) is 4.73 Å². The fraction of sp³-hybridized carbons (Fsp3) is 0.211. The molecule has 0 aliphatic rings. The lowest BCUT2D eigenvalue weighted by Crippen LogP contribution is -2.25. The third kappa shape index (κ3) is 4.30. The zero-order valence-electron chi connectivity index (χ0n) is 14.2. The van der Waals surface area contributed by atoms with E-state index in [0.29, 0.717) is 36.6 Å². The third-order valence-corrected chi connectivity index (χ3v) is 3.88. The van der Waals surface area contributed by atoms with Crippen molar-refractivity contribution in [2.45, 2.75) is 19.8 Å². The molecule has 0 bridgehead atoms. The molecule has 0 radical (unpaired) electrons. The lowest BCUT2D eigenvalue weighted by Gasteiger charge is -2.10. The molecule has 0 amide bonds. The molecular formula is C19H18F2N4O. The highest BCUT2D eigenvalue weighted by Gasteiger charge is 2.10. The molecule has 5 nitrogen and oxygen atoms in total. The highest BCUT2D eigenvalue weighted by atomic mass is 19.2. The van der Waals surface area contributed by atoms with Crippen LogP contribution in [-0.4, -0.2) is 16.5 Å². The third-order valence-electron chi connectivity index (χ3n) is 3.88. The molecule has 0 atom stereocenters. The molecule has 0 unspecified atom stereocenters. The number of halogens is 2. The molecule has 3 rings (SSSR count). The van der Waals surface area contributed by atoms with E-state index in [2.05, 4.69) is 15.3 Å². The van der Waals surface area contributed by atoms with E-state index in [4.69, 9.17) is 0 Å². The molecule has 2 aromatic heterocycles. The Morgan fingerprint density at radius 1 is 1.12 bits per heavy atom. The van der Waals surface area contributed by atoms with E-state index in [0.717, 1.165) is 28.1 Å². The highest BCUT2D eigenvalue weighted by Crippen LogP contribution is 2.20. The van der Waals surface area contributed by atoms with Gasteiger partial charge in [0.15, 0.2) is 29.9 Å². The highest BCUT2D eigenvalue weighted by molar-refractivity contribution is 5.57. The van der Waals surface area contributed by atoms with Gasteiger partial charge in [-0.25, -0.2) is 18.7 Å². The Morgan fingerprint density at radius 2 is 1.96 bits per heavy atom. The van der Waals surface area contributed by atoms with E-state index in [9.17, 15) is 14.0 Å². The predicted octanol–water partition coefficient (Wildman–Crippen LogP) is 3.27. The SMILES string of the molecule is CCc1cc(NCCc2ccc[n+]([O-])c2)nc(-c2ccc(F)c(F)c2)n1. The van der Waals surface area contributed by atoms with Crippen LogP contribution in [-0.2, 0) is 12.8 Å². The molecule has 0 fully saturated rings. The number of rotatable bonds is 6. The molecule has 3 aromatic rings. The van der Waals surface area contributed by atoms with Gasteiger partial charge < -0.3 is 10.5 Å². The van der Waals surface area contributed by atoms with Gasteiger partial charge in [-0.3, -0.25) is 0 Å². The van der Waals surface area contributed by atoms with Gasteiger partial charge >= 0.3 is 0 Å². The van der Waals surface area contributed by atoms with Crippen LogP contribution in [0.3, 0.4) is 0 Å². The Kier molecular flexibility index (Phi) is 5.36. The van der Waals surface area contributed by atoms with Crippen LogP contribution in [0.15, 0.2) is 48.8 Å². The van der Waals surface area contributed by atoms with Crippen LogP contribution in [0.4, 0.5) is 14.6 Å². The molecule has 0 spiro atoms. The second-order valence-corrected chi connectivity index (χ2v) is 5.80. The van der Waals surface area contributed by atoms with E-state index >= 15 is 0 Å². The van der Waals surface area contributed by atoms with E-state index in [1.807, 2.05) is 19.1 Å². The number of hydrogen-bond acceptors (Lipinski definition) is 4. The van der Waals surface area contributed by atoms with Crippen LogP contribution >= 0.6 is 0 Å². The lowest BCUT2D eigenvalue weighted by atomic mass is 10.2. The fourth-order valence-electron chi connectivity index (χ4n) is 2.52. The summed E-state index contributed by atoms with van der Waals surface area (Å²) in [5.74, 6) is -0.903. The van der Waals surface area contributed by atoms with Gasteiger partial charge in [0.2, 0.25) is 0 Å². The minimum Gasteiger partial charge on any atom is -0.619 e. The Labute approximate surface area is 150 Å². The van der Waals surface area contributed by atoms with Crippen molar-refractivity contribution in [1.29, 1.82) is 0 Å². The second kappa shape index (κ2) is 7.86.